The molecular weight excluding hydrogens is 406 g/mol. The molecule has 0 atom stereocenters. The van der Waals surface area contributed by atoms with Crippen molar-refractivity contribution in [2.24, 2.45) is 0 Å². The first kappa shape index (κ1) is 19.5. The van der Waals surface area contributed by atoms with Gasteiger partial charge >= 0.3 is 0 Å². The molecule has 134 valence electrons. The molecule has 0 fully saturated rings. The number of halogens is 2. The van der Waals surface area contributed by atoms with Gasteiger partial charge in [-0.3, -0.25) is 9.59 Å². The maximum Gasteiger partial charge on any atom is 0.283 e. The molecule has 5 nitrogen and oxygen atoms in total. The van der Waals surface area contributed by atoms with E-state index in [0.29, 0.717) is 39.4 Å². The van der Waals surface area contributed by atoms with Crippen LogP contribution in [0.15, 0.2) is 33.5 Å². The average Bonchev–Trinajstić information content (AvgIpc) is 2.58. The van der Waals surface area contributed by atoms with Gasteiger partial charge < -0.3 is 10.7 Å². The van der Waals surface area contributed by atoms with Gasteiger partial charge in [-0.25, -0.2) is 4.68 Å². The van der Waals surface area contributed by atoms with Gasteiger partial charge in [-0.15, -0.1) is 0 Å². The molecule has 1 amide bonds. The first-order valence-electron chi connectivity index (χ1n) is 8.05. The summed E-state index contributed by atoms with van der Waals surface area (Å²) in [6.07, 6.45) is 0.869. The van der Waals surface area contributed by atoms with E-state index in [1.165, 1.54) is 4.68 Å². The molecule has 2 N–H and O–H groups in total. The van der Waals surface area contributed by atoms with Gasteiger partial charge in [-0.2, -0.15) is 0 Å². The number of nitrogens with one attached hydrogen (secondary N) is 2. The predicted octanol–water partition coefficient (Wildman–Crippen LogP) is 3.76. The number of aromatic nitrogens is 1. The third kappa shape index (κ3) is 4.44. The zero-order chi connectivity index (χ0) is 18.6. The highest BCUT2D eigenvalue weighted by molar-refractivity contribution is 9.10. The van der Waals surface area contributed by atoms with Crippen molar-refractivity contribution in [3.8, 4) is 0 Å². The van der Waals surface area contributed by atoms with Crippen LogP contribution in [0, 0.1) is 13.8 Å². The molecule has 0 bridgehead atoms. The Morgan fingerprint density at radius 3 is 2.68 bits per heavy atom. The normalized spacial score (nSPS) is 10.6. The van der Waals surface area contributed by atoms with Crippen molar-refractivity contribution in [1.29, 1.82) is 0 Å². The van der Waals surface area contributed by atoms with E-state index < -0.39 is 0 Å². The summed E-state index contributed by atoms with van der Waals surface area (Å²) in [7, 11) is 0. The molecule has 0 saturated carbocycles. The van der Waals surface area contributed by atoms with Crippen LogP contribution in [-0.2, 0) is 6.54 Å². The number of rotatable bonds is 6. The summed E-state index contributed by atoms with van der Waals surface area (Å²) in [5.41, 5.74) is 5.46. The van der Waals surface area contributed by atoms with Crippen LogP contribution in [0.4, 0.5) is 0 Å². The molecule has 2 aromatic rings. The van der Waals surface area contributed by atoms with E-state index >= 15 is 0 Å². The summed E-state index contributed by atoms with van der Waals surface area (Å²) in [5.74, 6) is -0.234. The monoisotopic (exact) mass is 425 g/mol. The summed E-state index contributed by atoms with van der Waals surface area (Å²) in [6.45, 7) is 6.53. The number of pyridine rings is 1. The molecule has 0 saturated heterocycles. The maximum atomic E-state index is 12.7. The lowest BCUT2D eigenvalue weighted by Crippen LogP contribution is -2.36. The van der Waals surface area contributed by atoms with Crippen LogP contribution in [0.3, 0.4) is 0 Å². The molecule has 0 aliphatic heterocycles. The van der Waals surface area contributed by atoms with Gasteiger partial charge in [0.1, 0.15) is 0 Å². The van der Waals surface area contributed by atoms with Crippen molar-refractivity contribution < 1.29 is 4.79 Å². The number of amides is 1. The molecule has 2 rings (SSSR count). The van der Waals surface area contributed by atoms with Crippen LogP contribution in [-0.4, -0.2) is 17.1 Å². The lowest BCUT2D eigenvalue weighted by atomic mass is 10.1. The third-order valence-electron chi connectivity index (χ3n) is 3.88. The largest absolute Gasteiger partial charge is 0.348 e. The van der Waals surface area contributed by atoms with E-state index in [0.717, 1.165) is 12.0 Å². The van der Waals surface area contributed by atoms with Crippen LogP contribution in [0.2, 0.25) is 5.02 Å². The Balaban J connectivity index is 2.32. The molecule has 0 aliphatic rings. The average molecular weight is 427 g/mol. The van der Waals surface area contributed by atoms with Gasteiger partial charge in [0, 0.05) is 18.1 Å². The fourth-order valence-electron chi connectivity index (χ4n) is 2.57. The smallest absolute Gasteiger partial charge is 0.283 e. The Bertz CT molecular complexity index is 849. The zero-order valence-electron chi connectivity index (χ0n) is 14.5. The highest BCUT2D eigenvalue weighted by atomic mass is 79.9. The van der Waals surface area contributed by atoms with E-state index in [9.17, 15) is 9.59 Å². The number of carbonyl (C=O) groups is 1. The van der Waals surface area contributed by atoms with Crippen molar-refractivity contribution in [2.45, 2.75) is 33.7 Å². The van der Waals surface area contributed by atoms with Crippen molar-refractivity contribution in [1.82, 2.24) is 9.99 Å². The molecule has 7 heteroatoms. The Morgan fingerprint density at radius 2 is 2.04 bits per heavy atom. The fraction of sp³-hybridized carbons (Fsp3) is 0.333. The predicted molar refractivity (Wildman–Crippen MR) is 105 cm³/mol. The maximum absolute atomic E-state index is 12.7. The standard InChI is InChI=1S/C18H21BrClN3O2/c1-4-8-22-23-12(3)15(11(2)16(19)18(23)25)17(24)21-10-13-6-5-7-14(20)9-13/h5-7,9,22H,4,8,10H2,1-3H3,(H,21,24). The molecule has 0 unspecified atom stereocenters. The Kier molecular flexibility index (Phi) is 6.67. The van der Waals surface area contributed by atoms with E-state index in [2.05, 4.69) is 26.7 Å². The van der Waals surface area contributed by atoms with Crippen molar-refractivity contribution >= 4 is 33.4 Å². The van der Waals surface area contributed by atoms with Gasteiger partial charge in [0.2, 0.25) is 0 Å². The zero-order valence-corrected chi connectivity index (χ0v) is 16.8. The number of nitrogens with zero attached hydrogens (tertiary/aromatic N) is 1. The quantitative estimate of drug-likeness (QED) is 0.739. The van der Waals surface area contributed by atoms with Crippen LogP contribution in [0.1, 0.15) is 40.5 Å². The summed E-state index contributed by atoms with van der Waals surface area (Å²) in [6, 6.07) is 7.33. The number of carbonyl (C=O) groups excluding carboxylic acids is 1. The number of hydrogen-bond acceptors (Lipinski definition) is 3. The van der Waals surface area contributed by atoms with Gasteiger partial charge in [-0.1, -0.05) is 30.7 Å². The molecule has 0 spiro atoms. The Labute approximate surface area is 160 Å². The lowest BCUT2D eigenvalue weighted by Gasteiger charge is -2.18. The SMILES string of the molecule is CCCNn1c(C)c(C(=O)NCc2cccc(Cl)c2)c(C)c(Br)c1=O. The van der Waals surface area contributed by atoms with Gasteiger partial charge in [-0.05, 0) is 59.5 Å². The second kappa shape index (κ2) is 8.54. The third-order valence-corrected chi connectivity index (χ3v) is 5.05. The molecule has 0 radical (unpaired) electrons. The molecule has 1 aromatic heterocycles. The van der Waals surface area contributed by atoms with Crippen molar-refractivity contribution in [3.05, 3.63) is 66.5 Å². The minimum Gasteiger partial charge on any atom is -0.348 e. The van der Waals surface area contributed by atoms with Gasteiger partial charge in [0.15, 0.2) is 0 Å². The first-order chi connectivity index (χ1) is 11.9. The van der Waals surface area contributed by atoms with E-state index in [-0.39, 0.29) is 11.5 Å². The van der Waals surface area contributed by atoms with Crippen LogP contribution in [0.5, 0.6) is 0 Å². The minimum absolute atomic E-state index is 0.199. The fourth-order valence-corrected chi connectivity index (χ4v) is 3.16. The summed E-state index contributed by atoms with van der Waals surface area (Å²) < 4.78 is 1.81. The minimum atomic E-state index is -0.234. The first-order valence-corrected chi connectivity index (χ1v) is 9.22. The lowest BCUT2D eigenvalue weighted by molar-refractivity contribution is 0.0948. The molecule has 1 heterocycles. The highest BCUT2D eigenvalue weighted by Gasteiger charge is 2.20. The Morgan fingerprint density at radius 1 is 1.32 bits per heavy atom. The van der Waals surface area contributed by atoms with Crippen molar-refractivity contribution in [2.75, 3.05) is 12.0 Å². The van der Waals surface area contributed by atoms with E-state index in [1.807, 2.05) is 19.1 Å². The molecule has 1 aromatic carbocycles. The summed E-state index contributed by atoms with van der Waals surface area (Å²) >= 11 is 9.28. The second-order valence-corrected chi connectivity index (χ2v) is 6.99. The van der Waals surface area contributed by atoms with Gasteiger partial charge in [0.05, 0.1) is 15.7 Å². The summed E-state index contributed by atoms with van der Waals surface area (Å²) in [5, 5.41) is 3.52. The van der Waals surface area contributed by atoms with Crippen molar-refractivity contribution in [3.63, 3.8) is 0 Å². The second-order valence-electron chi connectivity index (χ2n) is 5.76. The number of benzene rings is 1. The van der Waals surface area contributed by atoms with Crippen LogP contribution < -0.4 is 16.3 Å². The van der Waals surface area contributed by atoms with Crippen LogP contribution >= 0.6 is 27.5 Å². The van der Waals surface area contributed by atoms with Gasteiger partial charge in [0.25, 0.3) is 11.5 Å². The van der Waals surface area contributed by atoms with E-state index in [4.69, 9.17) is 11.6 Å². The van der Waals surface area contributed by atoms with E-state index in [1.54, 1.807) is 26.0 Å². The highest BCUT2D eigenvalue weighted by Crippen LogP contribution is 2.19. The number of hydrogen-bond donors (Lipinski definition) is 2. The van der Waals surface area contributed by atoms with Crippen LogP contribution in [0.25, 0.3) is 0 Å². The topological polar surface area (TPSA) is 63.1 Å². The molecular formula is C18H21BrClN3O2. The molecule has 25 heavy (non-hydrogen) atoms. The molecule has 0 aliphatic carbocycles. The Hall–Kier alpha value is -1.79. The summed E-state index contributed by atoms with van der Waals surface area (Å²) in [4.78, 5) is 25.1.